The summed E-state index contributed by atoms with van der Waals surface area (Å²) in [5.41, 5.74) is 9.61. The highest BCUT2D eigenvalue weighted by atomic mass is 79.9. The maximum atomic E-state index is 5.75. The number of halogens is 1. The number of rotatable bonds is 3. The van der Waals surface area contributed by atoms with Crippen molar-refractivity contribution in [2.75, 3.05) is 18.0 Å². The number of nitrogens with zero attached hydrogens (tertiary/aromatic N) is 2. The lowest BCUT2D eigenvalue weighted by Gasteiger charge is -2.19. The summed E-state index contributed by atoms with van der Waals surface area (Å²) in [6, 6.07) is 10.7. The second-order valence-electron chi connectivity index (χ2n) is 5.24. The number of benzene rings is 1. The van der Waals surface area contributed by atoms with Gasteiger partial charge in [-0.2, -0.15) is 0 Å². The van der Waals surface area contributed by atoms with E-state index in [2.05, 4.69) is 63.1 Å². The van der Waals surface area contributed by atoms with Gasteiger partial charge in [0.05, 0.1) is 0 Å². The standard InChI is InChI=1S/C16H18BrN3/c1-11-8-16(19-9-14(11)17)20-10-12(6-7-18)13-4-2-3-5-15(13)20/h2-5,8-9,12H,6-7,10,18H2,1H3. The molecule has 1 aromatic carbocycles. The van der Waals surface area contributed by atoms with E-state index in [9.17, 15) is 0 Å². The lowest BCUT2D eigenvalue weighted by atomic mass is 9.98. The topological polar surface area (TPSA) is 42.1 Å². The lowest BCUT2D eigenvalue weighted by molar-refractivity contribution is 0.667. The van der Waals surface area contributed by atoms with Crippen LogP contribution < -0.4 is 10.6 Å². The molecule has 104 valence electrons. The van der Waals surface area contributed by atoms with Crippen LogP contribution in [0.2, 0.25) is 0 Å². The van der Waals surface area contributed by atoms with Gasteiger partial charge in [0, 0.05) is 28.8 Å². The maximum absolute atomic E-state index is 5.75. The third-order valence-corrected chi connectivity index (χ3v) is 4.72. The summed E-state index contributed by atoms with van der Waals surface area (Å²) < 4.78 is 1.05. The van der Waals surface area contributed by atoms with Gasteiger partial charge in [-0.05, 0) is 59.1 Å². The van der Waals surface area contributed by atoms with E-state index >= 15 is 0 Å². The van der Waals surface area contributed by atoms with Crippen molar-refractivity contribution in [2.24, 2.45) is 5.73 Å². The van der Waals surface area contributed by atoms with Gasteiger partial charge in [-0.15, -0.1) is 0 Å². The van der Waals surface area contributed by atoms with Gasteiger partial charge in [-0.25, -0.2) is 4.98 Å². The number of aryl methyl sites for hydroxylation is 1. The Morgan fingerprint density at radius 2 is 2.20 bits per heavy atom. The van der Waals surface area contributed by atoms with Crippen LogP contribution in [0, 0.1) is 6.92 Å². The zero-order valence-electron chi connectivity index (χ0n) is 11.5. The van der Waals surface area contributed by atoms with E-state index in [4.69, 9.17) is 5.73 Å². The summed E-state index contributed by atoms with van der Waals surface area (Å²) in [4.78, 5) is 6.86. The highest BCUT2D eigenvalue weighted by molar-refractivity contribution is 9.10. The molecule has 0 saturated heterocycles. The molecule has 0 radical (unpaired) electrons. The van der Waals surface area contributed by atoms with Crippen LogP contribution in [0.4, 0.5) is 11.5 Å². The third kappa shape index (κ3) is 2.34. The van der Waals surface area contributed by atoms with E-state index < -0.39 is 0 Å². The van der Waals surface area contributed by atoms with Crippen molar-refractivity contribution in [1.29, 1.82) is 0 Å². The monoisotopic (exact) mass is 331 g/mol. The Morgan fingerprint density at radius 3 is 2.95 bits per heavy atom. The average Bonchev–Trinajstić information content (AvgIpc) is 2.82. The summed E-state index contributed by atoms with van der Waals surface area (Å²) in [7, 11) is 0. The Labute approximate surface area is 127 Å². The summed E-state index contributed by atoms with van der Waals surface area (Å²) in [6.45, 7) is 3.78. The quantitative estimate of drug-likeness (QED) is 0.931. The molecule has 2 heterocycles. The van der Waals surface area contributed by atoms with Crippen molar-refractivity contribution < 1.29 is 0 Å². The normalized spacial score (nSPS) is 17.4. The molecular formula is C16H18BrN3. The Bertz CT molecular complexity index is 627. The van der Waals surface area contributed by atoms with E-state index in [-0.39, 0.29) is 0 Å². The van der Waals surface area contributed by atoms with Gasteiger partial charge >= 0.3 is 0 Å². The number of nitrogens with two attached hydrogens (primary N) is 1. The van der Waals surface area contributed by atoms with Crippen molar-refractivity contribution in [3.8, 4) is 0 Å². The average molecular weight is 332 g/mol. The molecule has 1 aliphatic heterocycles. The molecule has 0 amide bonds. The number of hydrogen-bond donors (Lipinski definition) is 1. The highest BCUT2D eigenvalue weighted by Gasteiger charge is 2.29. The summed E-state index contributed by atoms with van der Waals surface area (Å²) in [6.07, 6.45) is 2.90. The van der Waals surface area contributed by atoms with Gasteiger partial charge in [-0.3, -0.25) is 0 Å². The van der Waals surface area contributed by atoms with E-state index in [1.165, 1.54) is 16.8 Å². The molecule has 4 heteroatoms. The molecule has 0 bridgehead atoms. The minimum atomic E-state index is 0.502. The molecule has 3 nitrogen and oxygen atoms in total. The molecule has 0 aliphatic carbocycles. The smallest absolute Gasteiger partial charge is 0.133 e. The molecule has 1 atom stereocenters. The minimum Gasteiger partial charge on any atom is -0.330 e. The Hall–Kier alpha value is -1.39. The predicted molar refractivity (Wildman–Crippen MR) is 86.5 cm³/mol. The number of aromatic nitrogens is 1. The molecule has 2 aromatic rings. The molecule has 1 aliphatic rings. The Morgan fingerprint density at radius 1 is 1.40 bits per heavy atom. The summed E-state index contributed by atoms with van der Waals surface area (Å²) in [5.74, 6) is 1.51. The van der Waals surface area contributed by atoms with E-state index in [1.807, 2.05) is 6.20 Å². The fourth-order valence-corrected chi connectivity index (χ4v) is 3.05. The zero-order valence-corrected chi connectivity index (χ0v) is 13.1. The largest absolute Gasteiger partial charge is 0.330 e. The zero-order chi connectivity index (χ0) is 14.1. The van der Waals surface area contributed by atoms with Crippen molar-refractivity contribution in [3.63, 3.8) is 0 Å². The van der Waals surface area contributed by atoms with Gasteiger partial charge in [0.1, 0.15) is 5.82 Å². The van der Waals surface area contributed by atoms with Crippen LogP contribution in [0.3, 0.4) is 0 Å². The first-order chi connectivity index (χ1) is 9.70. The first kappa shape index (κ1) is 13.6. The highest BCUT2D eigenvalue weighted by Crippen LogP contribution is 2.41. The van der Waals surface area contributed by atoms with Crippen LogP contribution in [0.5, 0.6) is 0 Å². The number of fused-ring (bicyclic) bond motifs is 1. The Kier molecular flexibility index (Phi) is 3.76. The number of pyridine rings is 1. The van der Waals surface area contributed by atoms with Crippen LogP contribution in [0.25, 0.3) is 0 Å². The van der Waals surface area contributed by atoms with Crippen LogP contribution in [0.1, 0.15) is 23.5 Å². The minimum absolute atomic E-state index is 0.502. The third-order valence-electron chi connectivity index (χ3n) is 3.89. The van der Waals surface area contributed by atoms with Gasteiger partial charge in [-0.1, -0.05) is 18.2 Å². The first-order valence-electron chi connectivity index (χ1n) is 6.89. The first-order valence-corrected chi connectivity index (χ1v) is 7.68. The molecule has 20 heavy (non-hydrogen) atoms. The molecule has 3 rings (SSSR count). The SMILES string of the molecule is Cc1cc(N2CC(CCN)c3ccccc32)ncc1Br. The fraction of sp³-hybridized carbons (Fsp3) is 0.312. The van der Waals surface area contributed by atoms with Gasteiger partial charge < -0.3 is 10.6 Å². The number of para-hydroxylation sites is 1. The molecule has 0 saturated carbocycles. The summed E-state index contributed by atoms with van der Waals surface area (Å²) >= 11 is 3.51. The summed E-state index contributed by atoms with van der Waals surface area (Å²) in [5, 5.41) is 0. The van der Waals surface area contributed by atoms with Crippen molar-refractivity contribution in [1.82, 2.24) is 4.98 Å². The molecule has 2 N–H and O–H groups in total. The van der Waals surface area contributed by atoms with Gasteiger partial charge in [0.15, 0.2) is 0 Å². The van der Waals surface area contributed by atoms with E-state index in [0.29, 0.717) is 5.92 Å². The van der Waals surface area contributed by atoms with E-state index in [0.717, 1.165) is 29.8 Å². The van der Waals surface area contributed by atoms with Crippen LogP contribution in [-0.2, 0) is 0 Å². The van der Waals surface area contributed by atoms with Gasteiger partial charge in [0.2, 0.25) is 0 Å². The van der Waals surface area contributed by atoms with Crippen molar-refractivity contribution >= 4 is 27.4 Å². The molecule has 0 fully saturated rings. The Balaban J connectivity index is 2.01. The second kappa shape index (κ2) is 5.54. The fourth-order valence-electron chi connectivity index (χ4n) is 2.83. The van der Waals surface area contributed by atoms with Gasteiger partial charge in [0.25, 0.3) is 0 Å². The van der Waals surface area contributed by atoms with Crippen LogP contribution >= 0.6 is 15.9 Å². The molecule has 1 aromatic heterocycles. The molecule has 0 spiro atoms. The number of hydrogen-bond acceptors (Lipinski definition) is 3. The van der Waals surface area contributed by atoms with E-state index in [1.54, 1.807) is 0 Å². The van der Waals surface area contributed by atoms with Crippen molar-refractivity contribution in [2.45, 2.75) is 19.3 Å². The van der Waals surface area contributed by atoms with Crippen LogP contribution in [-0.4, -0.2) is 18.1 Å². The number of anilines is 2. The predicted octanol–water partition coefficient (Wildman–Crippen LogP) is 3.74. The second-order valence-corrected chi connectivity index (χ2v) is 6.09. The lowest BCUT2D eigenvalue weighted by Crippen LogP contribution is -2.18. The molecular weight excluding hydrogens is 314 g/mol. The van der Waals surface area contributed by atoms with Crippen molar-refractivity contribution in [3.05, 3.63) is 52.1 Å². The maximum Gasteiger partial charge on any atom is 0.133 e. The molecule has 1 unspecified atom stereocenters. The van der Waals surface area contributed by atoms with Crippen LogP contribution in [0.15, 0.2) is 41.0 Å².